The van der Waals surface area contributed by atoms with Gasteiger partial charge < -0.3 is 4.74 Å². The molecule has 0 aromatic carbocycles. The van der Waals surface area contributed by atoms with E-state index in [9.17, 15) is 0 Å². The number of methoxy groups -OCH3 is 1. The minimum Gasteiger partial charge on any atom is -0.479 e. The van der Waals surface area contributed by atoms with Gasteiger partial charge in [0.2, 0.25) is 0 Å². The Kier molecular flexibility index (Phi) is 2.41. The Labute approximate surface area is 41.7 Å². The summed E-state index contributed by atoms with van der Waals surface area (Å²) < 4.78 is 4.47. The van der Waals surface area contributed by atoms with Gasteiger partial charge in [0.1, 0.15) is 0 Å². The van der Waals surface area contributed by atoms with Gasteiger partial charge in [-0.05, 0) is 24.8 Å². The second-order valence-electron chi connectivity index (χ2n) is 0.454. The SMILES string of the molecule is COC([S])=S. The molecule has 0 aromatic heterocycles. The van der Waals surface area contributed by atoms with Crippen LogP contribution in [0.1, 0.15) is 0 Å². The minimum absolute atomic E-state index is 0.171. The van der Waals surface area contributed by atoms with Crippen LogP contribution in [0.3, 0.4) is 0 Å². The average molecular weight is 107 g/mol. The zero-order valence-corrected chi connectivity index (χ0v) is 4.36. The van der Waals surface area contributed by atoms with Crippen LogP contribution in [0, 0.1) is 0 Å². The summed E-state index contributed by atoms with van der Waals surface area (Å²) >= 11 is 8.58. The van der Waals surface area contributed by atoms with Gasteiger partial charge in [-0.1, -0.05) is 0 Å². The van der Waals surface area contributed by atoms with Crippen molar-refractivity contribution in [3.63, 3.8) is 0 Å². The van der Waals surface area contributed by atoms with Crippen molar-refractivity contribution in [2.75, 3.05) is 7.11 Å². The van der Waals surface area contributed by atoms with E-state index in [4.69, 9.17) is 0 Å². The van der Waals surface area contributed by atoms with Crippen LogP contribution in [-0.4, -0.2) is 11.5 Å². The number of hydrogen-bond acceptors (Lipinski definition) is 2. The molecule has 0 rings (SSSR count). The molecule has 0 saturated carbocycles. The summed E-state index contributed by atoms with van der Waals surface area (Å²) in [4.78, 5) is 0. The Morgan fingerprint density at radius 1 is 1.80 bits per heavy atom. The lowest BCUT2D eigenvalue weighted by molar-refractivity contribution is 0.427. The Hall–Kier alpha value is 0.110. The lowest BCUT2D eigenvalue weighted by atomic mass is 11.5. The minimum atomic E-state index is 0.171. The third-order valence-electron chi connectivity index (χ3n) is 0.167. The quantitative estimate of drug-likeness (QED) is 0.429. The molecule has 0 fully saturated rings. The van der Waals surface area contributed by atoms with Gasteiger partial charge in [-0.2, -0.15) is 0 Å². The summed E-state index contributed by atoms with van der Waals surface area (Å²) in [6, 6.07) is 0. The van der Waals surface area contributed by atoms with Gasteiger partial charge >= 0.3 is 0 Å². The third-order valence-corrected chi connectivity index (χ3v) is 0.500. The topological polar surface area (TPSA) is 9.23 Å². The summed E-state index contributed by atoms with van der Waals surface area (Å²) in [5.41, 5.74) is 0. The van der Waals surface area contributed by atoms with Crippen molar-refractivity contribution in [1.82, 2.24) is 0 Å². The van der Waals surface area contributed by atoms with Crippen LogP contribution in [-0.2, 0) is 4.74 Å². The molecule has 0 N–H and O–H groups in total. The van der Waals surface area contributed by atoms with E-state index in [1.54, 1.807) is 0 Å². The average Bonchev–Trinajstić information content (AvgIpc) is 1.38. The van der Waals surface area contributed by atoms with Crippen molar-refractivity contribution in [1.29, 1.82) is 0 Å². The molecule has 0 aromatic rings. The van der Waals surface area contributed by atoms with E-state index >= 15 is 0 Å². The molecule has 0 amide bonds. The maximum absolute atomic E-state index is 4.30. The van der Waals surface area contributed by atoms with Crippen LogP contribution in [0.2, 0.25) is 0 Å². The summed E-state index contributed by atoms with van der Waals surface area (Å²) in [6.07, 6.45) is 0. The molecule has 1 radical (unpaired) electrons. The van der Waals surface area contributed by atoms with Gasteiger partial charge in [0.15, 0.2) is 0 Å². The lowest BCUT2D eigenvalue weighted by Crippen LogP contribution is -1.80. The van der Waals surface area contributed by atoms with E-state index in [1.165, 1.54) is 7.11 Å². The van der Waals surface area contributed by atoms with Crippen LogP contribution < -0.4 is 0 Å². The fourth-order valence-corrected chi connectivity index (χ4v) is 0. The Morgan fingerprint density at radius 3 is 2.00 bits per heavy atom. The van der Waals surface area contributed by atoms with Crippen LogP contribution in [0.15, 0.2) is 0 Å². The number of thiocarbonyl (C=S) groups is 1. The smallest absolute Gasteiger partial charge is 0.251 e. The van der Waals surface area contributed by atoms with Crippen molar-refractivity contribution in [2.45, 2.75) is 0 Å². The fraction of sp³-hybridized carbons (Fsp3) is 0.500. The highest BCUT2D eigenvalue weighted by Crippen LogP contribution is 1.79. The largest absolute Gasteiger partial charge is 0.479 e. The first-order chi connectivity index (χ1) is 2.27. The lowest BCUT2D eigenvalue weighted by Gasteiger charge is -1.82. The summed E-state index contributed by atoms with van der Waals surface area (Å²) in [6.45, 7) is 0. The van der Waals surface area contributed by atoms with Crippen LogP contribution in [0.4, 0.5) is 0 Å². The zero-order chi connectivity index (χ0) is 4.28. The first-order valence-electron chi connectivity index (χ1n) is 1.02. The van der Waals surface area contributed by atoms with Crippen molar-refractivity contribution in [3.05, 3.63) is 0 Å². The summed E-state index contributed by atoms with van der Waals surface area (Å²) in [5.74, 6) is 0. The van der Waals surface area contributed by atoms with Crippen LogP contribution in [0.25, 0.3) is 0 Å². The van der Waals surface area contributed by atoms with E-state index < -0.39 is 0 Å². The highest BCUT2D eigenvalue weighted by atomic mass is 32.1. The van der Waals surface area contributed by atoms with E-state index in [2.05, 4.69) is 29.6 Å². The maximum Gasteiger partial charge on any atom is 0.251 e. The maximum atomic E-state index is 4.30. The first-order valence-corrected chi connectivity index (χ1v) is 1.84. The van der Waals surface area contributed by atoms with Gasteiger partial charge in [-0.15, -0.1) is 0 Å². The highest BCUT2D eigenvalue weighted by Gasteiger charge is 1.73. The molecule has 0 heterocycles. The van der Waals surface area contributed by atoms with Gasteiger partial charge in [-0.25, -0.2) is 0 Å². The first kappa shape index (κ1) is 5.11. The van der Waals surface area contributed by atoms with E-state index in [1.807, 2.05) is 0 Å². The van der Waals surface area contributed by atoms with Gasteiger partial charge in [-0.3, -0.25) is 0 Å². The molecule has 0 aliphatic carbocycles. The van der Waals surface area contributed by atoms with Crippen molar-refractivity contribution in [3.8, 4) is 0 Å². The Bertz CT molecular complexity index is 42.9. The summed E-state index contributed by atoms with van der Waals surface area (Å²) in [5, 5.41) is 0. The zero-order valence-electron chi connectivity index (χ0n) is 2.72. The van der Waals surface area contributed by atoms with Crippen molar-refractivity contribution in [2.24, 2.45) is 0 Å². The van der Waals surface area contributed by atoms with Gasteiger partial charge in [0, 0.05) is 0 Å². The van der Waals surface area contributed by atoms with E-state index in [0.717, 1.165) is 0 Å². The standard InChI is InChI=1S/C2H3OS2/c1-3-2(4)5/h1H3. The Morgan fingerprint density at radius 2 is 2.00 bits per heavy atom. The third kappa shape index (κ3) is 4.11. The van der Waals surface area contributed by atoms with Crippen LogP contribution in [0.5, 0.6) is 0 Å². The molecular formula is C2H3OS2. The van der Waals surface area contributed by atoms with Crippen LogP contribution >= 0.6 is 24.8 Å². The summed E-state index contributed by atoms with van der Waals surface area (Å²) in [7, 11) is 1.45. The van der Waals surface area contributed by atoms with Crippen molar-refractivity contribution < 1.29 is 4.74 Å². The molecule has 29 valence electrons. The normalized spacial score (nSPS) is 6.60. The monoisotopic (exact) mass is 107 g/mol. The highest BCUT2D eigenvalue weighted by molar-refractivity contribution is 8.10. The van der Waals surface area contributed by atoms with E-state index in [0.29, 0.717) is 0 Å². The predicted octanol–water partition coefficient (Wildman–Crippen LogP) is 1.12. The second kappa shape index (κ2) is 2.35. The second-order valence-corrected chi connectivity index (χ2v) is 1.45. The molecule has 3 heteroatoms. The van der Waals surface area contributed by atoms with Crippen molar-refractivity contribution >= 4 is 29.2 Å². The number of ether oxygens (including phenoxy) is 1. The molecule has 0 unspecified atom stereocenters. The Balaban J connectivity index is 2.85. The molecule has 0 saturated heterocycles. The molecule has 0 bridgehead atoms. The van der Waals surface area contributed by atoms with Gasteiger partial charge in [0.25, 0.3) is 4.38 Å². The van der Waals surface area contributed by atoms with E-state index in [-0.39, 0.29) is 4.38 Å². The molecule has 0 aliphatic heterocycles. The number of hydrogen-bond donors (Lipinski definition) is 0. The molecule has 1 nitrogen and oxygen atoms in total. The number of rotatable bonds is 0. The molecular weight excluding hydrogens is 104 g/mol. The van der Waals surface area contributed by atoms with Gasteiger partial charge in [0.05, 0.1) is 7.11 Å². The molecule has 0 spiro atoms. The molecule has 0 atom stereocenters. The molecule has 5 heavy (non-hydrogen) atoms. The fourth-order valence-electron chi connectivity index (χ4n) is 0. The molecule has 0 aliphatic rings. The predicted molar refractivity (Wildman–Crippen MR) is 27.2 cm³/mol.